The molecule has 0 saturated heterocycles. The molecule has 2 aromatic carbocycles. The third kappa shape index (κ3) is 3.38. The summed E-state index contributed by atoms with van der Waals surface area (Å²) >= 11 is 9.48. The van der Waals surface area contributed by atoms with Crippen LogP contribution in [0, 0.1) is 0 Å². The Kier molecular flexibility index (Phi) is 4.93. The van der Waals surface area contributed by atoms with Gasteiger partial charge < -0.3 is 9.64 Å². The summed E-state index contributed by atoms with van der Waals surface area (Å²) in [7, 11) is 0. The number of hydrogen-bond acceptors (Lipinski definition) is 3. The molecule has 120 valence electrons. The summed E-state index contributed by atoms with van der Waals surface area (Å²) in [5.74, 6) is -0.217. The molecule has 0 fully saturated rings. The lowest BCUT2D eigenvalue weighted by atomic mass is 9.92. The fraction of sp³-hybridized carbons (Fsp3) is 0.278. The summed E-state index contributed by atoms with van der Waals surface area (Å²) in [4.78, 5) is 14.7. The van der Waals surface area contributed by atoms with Crippen LogP contribution in [0.3, 0.4) is 0 Å². The third-order valence-corrected chi connectivity index (χ3v) is 4.75. The minimum absolute atomic E-state index is 0.217. The van der Waals surface area contributed by atoms with Crippen LogP contribution in [0.2, 0.25) is 5.02 Å². The van der Waals surface area contributed by atoms with E-state index in [1.165, 1.54) is 5.56 Å². The second kappa shape index (κ2) is 6.93. The number of hydrogen-bond donors (Lipinski definition) is 0. The highest BCUT2D eigenvalue weighted by molar-refractivity contribution is 9.10. The molecule has 0 aliphatic carbocycles. The van der Waals surface area contributed by atoms with Gasteiger partial charge in [-0.2, -0.15) is 0 Å². The summed E-state index contributed by atoms with van der Waals surface area (Å²) in [5, 5.41) is 0.683. The molecule has 0 aromatic heterocycles. The zero-order valence-electron chi connectivity index (χ0n) is 12.8. The number of anilines is 1. The van der Waals surface area contributed by atoms with E-state index in [9.17, 15) is 4.79 Å². The van der Waals surface area contributed by atoms with Gasteiger partial charge in [0.25, 0.3) is 0 Å². The second-order valence-corrected chi connectivity index (χ2v) is 6.77. The molecule has 1 aliphatic rings. The van der Waals surface area contributed by atoms with Crippen molar-refractivity contribution in [3.8, 4) is 0 Å². The average molecular weight is 395 g/mol. The lowest BCUT2D eigenvalue weighted by molar-refractivity contribution is -0.145. The van der Waals surface area contributed by atoms with Gasteiger partial charge in [0.15, 0.2) is 6.04 Å². The first-order valence-corrected chi connectivity index (χ1v) is 8.74. The Balaban J connectivity index is 2.03. The van der Waals surface area contributed by atoms with Crippen LogP contribution in [0.25, 0.3) is 0 Å². The molecule has 3 nitrogen and oxygen atoms in total. The molecule has 2 aromatic rings. The van der Waals surface area contributed by atoms with Crippen LogP contribution in [0.5, 0.6) is 0 Å². The first kappa shape index (κ1) is 16.3. The number of rotatable bonds is 3. The number of carbonyl (C=O) groups excluding carboxylic acids is 1. The van der Waals surface area contributed by atoms with Crippen molar-refractivity contribution < 1.29 is 9.53 Å². The smallest absolute Gasteiger partial charge is 0.333 e. The van der Waals surface area contributed by atoms with Crippen LogP contribution in [-0.4, -0.2) is 19.1 Å². The average Bonchev–Trinajstić information content (AvgIpc) is 2.54. The molecular weight excluding hydrogens is 378 g/mol. The lowest BCUT2D eigenvalue weighted by Gasteiger charge is -2.37. The predicted octanol–water partition coefficient (Wildman–Crippen LogP) is 4.77. The lowest BCUT2D eigenvalue weighted by Crippen LogP contribution is -2.40. The Hall–Kier alpha value is -1.52. The Labute approximate surface area is 149 Å². The maximum absolute atomic E-state index is 12.6. The van der Waals surface area contributed by atoms with E-state index in [4.69, 9.17) is 16.3 Å². The molecule has 1 aliphatic heterocycles. The Morgan fingerprint density at radius 2 is 2.04 bits per heavy atom. The molecule has 1 atom stereocenters. The minimum atomic E-state index is -0.423. The number of nitrogens with zero attached hydrogens (tertiary/aromatic N) is 1. The van der Waals surface area contributed by atoms with E-state index in [2.05, 4.69) is 26.9 Å². The van der Waals surface area contributed by atoms with Crippen molar-refractivity contribution in [2.45, 2.75) is 19.4 Å². The van der Waals surface area contributed by atoms with Crippen LogP contribution in [0.4, 0.5) is 5.69 Å². The van der Waals surface area contributed by atoms with Crippen LogP contribution in [0.1, 0.15) is 24.1 Å². The Morgan fingerprint density at radius 3 is 2.74 bits per heavy atom. The Morgan fingerprint density at radius 1 is 1.30 bits per heavy atom. The molecule has 1 unspecified atom stereocenters. The van der Waals surface area contributed by atoms with Gasteiger partial charge in [-0.3, -0.25) is 0 Å². The van der Waals surface area contributed by atoms with E-state index in [0.29, 0.717) is 11.6 Å². The molecule has 0 amide bonds. The standard InChI is InChI=1S/C18H17BrClNO2/c1-2-23-18(22)17-16-8-3-13(19)11-12(16)9-10-21(17)15-6-4-14(20)5-7-15/h3-8,11,17H,2,9-10H2,1H3. The number of esters is 1. The van der Waals surface area contributed by atoms with E-state index in [1.807, 2.05) is 43.3 Å². The van der Waals surface area contributed by atoms with Crippen molar-refractivity contribution in [1.82, 2.24) is 0 Å². The zero-order valence-corrected chi connectivity index (χ0v) is 15.1. The maximum atomic E-state index is 12.6. The van der Waals surface area contributed by atoms with E-state index in [-0.39, 0.29) is 5.97 Å². The van der Waals surface area contributed by atoms with E-state index in [0.717, 1.165) is 28.7 Å². The van der Waals surface area contributed by atoms with Crippen molar-refractivity contribution in [2.75, 3.05) is 18.1 Å². The van der Waals surface area contributed by atoms with Gasteiger partial charge in [-0.25, -0.2) is 4.79 Å². The SMILES string of the molecule is CCOC(=O)C1c2ccc(Br)cc2CCN1c1ccc(Cl)cc1. The molecule has 0 radical (unpaired) electrons. The topological polar surface area (TPSA) is 29.5 Å². The molecule has 1 heterocycles. The highest BCUT2D eigenvalue weighted by Gasteiger charge is 2.34. The number of carbonyl (C=O) groups is 1. The number of fused-ring (bicyclic) bond motifs is 1. The van der Waals surface area contributed by atoms with Crippen molar-refractivity contribution in [3.05, 3.63) is 63.1 Å². The molecule has 3 rings (SSSR count). The van der Waals surface area contributed by atoms with Gasteiger partial charge in [0, 0.05) is 21.7 Å². The molecule has 0 saturated carbocycles. The Bertz CT molecular complexity index is 717. The number of ether oxygens (including phenoxy) is 1. The quantitative estimate of drug-likeness (QED) is 0.702. The van der Waals surface area contributed by atoms with Crippen molar-refractivity contribution in [3.63, 3.8) is 0 Å². The molecule has 5 heteroatoms. The summed E-state index contributed by atoms with van der Waals surface area (Å²) in [6, 6.07) is 13.2. The molecule has 0 spiro atoms. The van der Waals surface area contributed by atoms with Crippen LogP contribution in [-0.2, 0) is 16.0 Å². The second-order valence-electron chi connectivity index (χ2n) is 5.42. The largest absolute Gasteiger partial charge is 0.464 e. The van der Waals surface area contributed by atoms with Gasteiger partial charge in [0.2, 0.25) is 0 Å². The summed E-state index contributed by atoms with van der Waals surface area (Å²) in [6.07, 6.45) is 0.882. The molecule has 0 bridgehead atoms. The van der Waals surface area contributed by atoms with Gasteiger partial charge >= 0.3 is 5.97 Å². The zero-order chi connectivity index (χ0) is 16.4. The van der Waals surface area contributed by atoms with E-state index in [1.54, 1.807) is 0 Å². The molecular formula is C18H17BrClNO2. The first-order valence-electron chi connectivity index (χ1n) is 7.57. The fourth-order valence-electron chi connectivity index (χ4n) is 2.98. The van der Waals surface area contributed by atoms with Crippen molar-refractivity contribution in [1.29, 1.82) is 0 Å². The van der Waals surface area contributed by atoms with Gasteiger partial charge in [0.05, 0.1) is 6.61 Å². The van der Waals surface area contributed by atoms with E-state index < -0.39 is 6.04 Å². The summed E-state index contributed by atoms with van der Waals surface area (Å²) in [5.41, 5.74) is 3.16. The predicted molar refractivity (Wildman–Crippen MR) is 96.0 cm³/mol. The normalized spacial score (nSPS) is 16.8. The summed E-state index contributed by atoms with van der Waals surface area (Å²) < 4.78 is 6.35. The van der Waals surface area contributed by atoms with E-state index >= 15 is 0 Å². The fourth-order valence-corrected chi connectivity index (χ4v) is 3.52. The van der Waals surface area contributed by atoms with Crippen LogP contribution < -0.4 is 4.90 Å². The monoisotopic (exact) mass is 393 g/mol. The van der Waals surface area contributed by atoms with Crippen LogP contribution >= 0.6 is 27.5 Å². The van der Waals surface area contributed by atoms with Gasteiger partial charge in [0.1, 0.15) is 0 Å². The minimum Gasteiger partial charge on any atom is -0.464 e. The first-order chi connectivity index (χ1) is 11.1. The number of halogens is 2. The maximum Gasteiger partial charge on any atom is 0.333 e. The molecule has 0 N–H and O–H groups in total. The van der Waals surface area contributed by atoms with Crippen molar-refractivity contribution >= 4 is 39.2 Å². The van der Waals surface area contributed by atoms with Crippen molar-refractivity contribution in [2.24, 2.45) is 0 Å². The summed E-state index contributed by atoms with van der Waals surface area (Å²) in [6.45, 7) is 2.96. The third-order valence-electron chi connectivity index (χ3n) is 4.00. The van der Waals surface area contributed by atoms with Gasteiger partial charge in [-0.05, 0) is 60.9 Å². The molecule has 23 heavy (non-hydrogen) atoms. The number of benzene rings is 2. The van der Waals surface area contributed by atoms with Gasteiger partial charge in [-0.15, -0.1) is 0 Å². The highest BCUT2D eigenvalue weighted by Crippen LogP contribution is 2.36. The van der Waals surface area contributed by atoms with Gasteiger partial charge in [-0.1, -0.05) is 33.6 Å². The van der Waals surface area contributed by atoms with Crippen LogP contribution in [0.15, 0.2) is 46.9 Å². The highest BCUT2D eigenvalue weighted by atomic mass is 79.9.